The minimum atomic E-state index is -0.800. The SMILES string of the molecule is CCOc1ccc(/C(O)=C2/C(=O)C(=O)N(CCN(C)C)C2c2cccc(O)c2)cc1C(C)C. The van der Waals surface area contributed by atoms with Crippen LogP contribution in [0.2, 0.25) is 0 Å². The highest BCUT2D eigenvalue weighted by molar-refractivity contribution is 6.46. The van der Waals surface area contributed by atoms with E-state index in [2.05, 4.69) is 0 Å². The van der Waals surface area contributed by atoms with Crippen LogP contribution in [0.3, 0.4) is 0 Å². The number of amides is 1. The molecule has 0 saturated carbocycles. The fourth-order valence-electron chi connectivity index (χ4n) is 4.05. The summed E-state index contributed by atoms with van der Waals surface area (Å²) in [6, 6.07) is 10.9. The molecule has 3 rings (SSSR count). The number of phenols is 1. The summed E-state index contributed by atoms with van der Waals surface area (Å²) in [5.74, 6) is -0.766. The van der Waals surface area contributed by atoms with Gasteiger partial charge in [0.25, 0.3) is 11.7 Å². The van der Waals surface area contributed by atoms with Crippen LogP contribution >= 0.6 is 0 Å². The quantitative estimate of drug-likeness (QED) is 0.359. The number of likely N-dealkylation sites (N-methyl/N-ethyl adjacent to an activating group) is 1. The Morgan fingerprint density at radius 3 is 2.48 bits per heavy atom. The first kappa shape index (κ1) is 24.3. The third-order valence-electron chi connectivity index (χ3n) is 5.72. The van der Waals surface area contributed by atoms with E-state index < -0.39 is 17.7 Å². The first-order chi connectivity index (χ1) is 15.6. The Hall–Kier alpha value is -3.32. The molecule has 2 N–H and O–H groups in total. The standard InChI is InChI=1S/C26H32N2O5/c1-6-33-21-11-10-18(15-20(21)16(2)3)24(30)22-23(17-8-7-9-19(29)14-17)28(13-12-27(4)5)26(32)25(22)31/h7-11,14-16,23,29-30H,6,12-13H2,1-5H3/b24-22-. The molecular formula is C26H32N2O5. The molecule has 1 unspecified atom stereocenters. The lowest BCUT2D eigenvalue weighted by Crippen LogP contribution is -2.35. The number of aliphatic hydroxyl groups is 1. The van der Waals surface area contributed by atoms with Gasteiger partial charge in [0, 0.05) is 18.7 Å². The molecule has 7 heteroatoms. The highest BCUT2D eigenvalue weighted by Gasteiger charge is 2.46. The fourth-order valence-corrected chi connectivity index (χ4v) is 4.05. The van der Waals surface area contributed by atoms with E-state index in [4.69, 9.17) is 4.74 Å². The van der Waals surface area contributed by atoms with Gasteiger partial charge < -0.3 is 24.7 Å². The second-order valence-corrected chi connectivity index (χ2v) is 8.73. The Balaban J connectivity index is 2.17. The van der Waals surface area contributed by atoms with Crippen LogP contribution in [0.5, 0.6) is 11.5 Å². The number of ketones is 1. The summed E-state index contributed by atoms with van der Waals surface area (Å²) in [5, 5.41) is 21.3. The lowest BCUT2D eigenvalue weighted by molar-refractivity contribution is -0.140. The Kier molecular flexibility index (Phi) is 7.43. The number of ether oxygens (including phenoxy) is 1. The summed E-state index contributed by atoms with van der Waals surface area (Å²) in [4.78, 5) is 29.5. The van der Waals surface area contributed by atoms with Crippen LogP contribution in [0.1, 0.15) is 49.4 Å². The van der Waals surface area contributed by atoms with Gasteiger partial charge in [-0.3, -0.25) is 9.59 Å². The number of phenolic OH excluding ortho intramolecular Hbond substituents is 1. The van der Waals surface area contributed by atoms with Crippen LogP contribution in [0.4, 0.5) is 0 Å². The maximum atomic E-state index is 13.1. The van der Waals surface area contributed by atoms with E-state index in [1.807, 2.05) is 39.8 Å². The molecule has 0 aliphatic carbocycles. The van der Waals surface area contributed by atoms with Crippen molar-refractivity contribution in [3.63, 3.8) is 0 Å². The van der Waals surface area contributed by atoms with E-state index in [0.29, 0.717) is 30.8 Å². The second-order valence-electron chi connectivity index (χ2n) is 8.73. The molecule has 1 amide bonds. The van der Waals surface area contributed by atoms with Crippen molar-refractivity contribution < 1.29 is 24.5 Å². The Bertz CT molecular complexity index is 1070. The third kappa shape index (κ3) is 5.03. The van der Waals surface area contributed by atoms with Crippen LogP contribution < -0.4 is 4.74 Å². The molecular weight excluding hydrogens is 420 g/mol. The monoisotopic (exact) mass is 452 g/mol. The number of aromatic hydroxyl groups is 1. The lowest BCUT2D eigenvalue weighted by atomic mass is 9.93. The predicted molar refractivity (Wildman–Crippen MR) is 127 cm³/mol. The van der Waals surface area contributed by atoms with Gasteiger partial charge in [0.2, 0.25) is 0 Å². The molecule has 1 aliphatic rings. The predicted octanol–water partition coefficient (Wildman–Crippen LogP) is 3.90. The van der Waals surface area contributed by atoms with E-state index in [9.17, 15) is 19.8 Å². The van der Waals surface area contributed by atoms with E-state index in [1.165, 1.54) is 17.0 Å². The molecule has 1 aliphatic heterocycles. The number of hydrogen-bond donors (Lipinski definition) is 2. The summed E-state index contributed by atoms with van der Waals surface area (Å²) in [7, 11) is 3.76. The third-order valence-corrected chi connectivity index (χ3v) is 5.72. The first-order valence-corrected chi connectivity index (χ1v) is 11.1. The van der Waals surface area contributed by atoms with Gasteiger partial charge in [-0.2, -0.15) is 0 Å². The second kappa shape index (κ2) is 10.1. The van der Waals surface area contributed by atoms with Crippen LogP contribution in [-0.2, 0) is 9.59 Å². The zero-order valence-corrected chi connectivity index (χ0v) is 19.8. The zero-order valence-electron chi connectivity index (χ0n) is 19.8. The van der Waals surface area contributed by atoms with E-state index in [-0.39, 0.29) is 23.0 Å². The minimum absolute atomic E-state index is 0.0169. The molecule has 0 aromatic heterocycles. The van der Waals surface area contributed by atoms with Crippen molar-refractivity contribution in [2.75, 3.05) is 33.8 Å². The number of nitrogens with zero attached hydrogens (tertiary/aromatic N) is 2. The molecule has 0 spiro atoms. The Labute approximate surface area is 194 Å². The van der Waals surface area contributed by atoms with E-state index >= 15 is 0 Å². The van der Waals surface area contributed by atoms with Crippen LogP contribution in [0.25, 0.3) is 5.76 Å². The Morgan fingerprint density at radius 2 is 1.88 bits per heavy atom. The number of benzene rings is 2. The molecule has 1 fully saturated rings. The van der Waals surface area contributed by atoms with Crippen molar-refractivity contribution in [2.45, 2.75) is 32.7 Å². The number of likely N-dealkylation sites (tertiary alicyclic amines) is 1. The summed E-state index contributed by atoms with van der Waals surface area (Å²) < 4.78 is 5.71. The smallest absolute Gasteiger partial charge is 0.295 e. The molecule has 0 radical (unpaired) electrons. The van der Waals surface area contributed by atoms with Gasteiger partial charge in [-0.05, 0) is 68.4 Å². The number of carbonyl (C=O) groups is 2. The first-order valence-electron chi connectivity index (χ1n) is 11.1. The van der Waals surface area contributed by atoms with Crippen LogP contribution in [-0.4, -0.2) is 65.5 Å². The van der Waals surface area contributed by atoms with E-state index in [1.54, 1.807) is 30.3 Å². The van der Waals surface area contributed by atoms with Crippen LogP contribution in [0, 0.1) is 0 Å². The van der Waals surface area contributed by atoms with Gasteiger partial charge >= 0.3 is 0 Å². The molecule has 1 atom stereocenters. The summed E-state index contributed by atoms with van der Waals surface area (Å²) in [6.07, 6.45) is 0. The molecule has 1 saturated heterocycles. The van der Waals surface area contributed by atoms with E-state index in [0.717, 1.165) is 11.3 Å². The van der Waals surface area contributed by atoms with Gasteiger partial charge in [-0.25, -0.2) is 0 Å². The van der Waals surface area contributed by atoms with Crippen molar-refractivity contribution in [1.29, 1.82) is 0 Å². The molecule has 176 valence electrons. The minimum Gasteiger partial charge on any atom is -0.508 e. The van der Waals surface area contributed by atoms with Crippen molar-refractivity contribution in [3.8, 4) is 11.5 Å². The Morgan fingerprint density at radius 1 is 1.15 bits per heavy atom. The van der Waals surface area contributed by atoms with Crippen molar-refractivity contribution in [2.24, 2.45) is 0 Å². The summed E-state index contributed by atoms with van der Waals surface area (Å²) in [6.45, 7) is 7.31. The van der Waals surface area contributed by atoms with Gasteiger partial charge in [0.05, 0.1) is 18.2 Å². The zero-order chi connectivity index (χ0) is 24.3. The fraction of sp³-hybridized carbons (Fsp3) is 0.385. The average molecular weight is 453 g/mol. The number of carbonyl (C=O) groups excluding carboxylic acids is 2. The molecule has 2 aromatic rings. The van der Waals surface area contributed by atoms with Gasteiger partial charge in [-0.1, -0.05) is 26.0 Å². The average Bonchev–Trinajstić information content (AvgIpc) is 3.02. The van der Waals surface area contributed by atoms with Gasteiger partial charge in [-0.15, -0.1) is 0 Å². The van der Waals surface area contributed by atoms with Crippen molar-refractivity contribution in [1.82, 2.24) is 9.80 Å². The van der Waals surface area contributed by atoms with Crippen molar-refractivity contribution >= 4 is 17.4 Å². The van der Waals surface area contributed by atoms with Crippen molar-refractivity contribution in [3.05, 3.63) is 64.7 Å². The topological polar surface area (TPSA) is 90.3 Å². The number of Topliss-reactive ketones (excluding diaryl/α,β-unsaturated/α-hetero) is 1. The highest BCUT2D eigenvalue weighted by Crippen LogP contribution is 2.41. The lowest BCUT2D eigenvalue weighted by Gasteiger charge is -2.26. The van der Waals surface area contributed by atoms with Gasteiger partial charge in [0.1, 0.15) is 17.3 Å². The molecule has 7 nitrogen and oxygen atoms in total. The maximum absolute atomic E-state index is 13.1. The number of aliphatic hydroxyl groups excluding tert-OH is 1. The molecule has 1 heterocycles. The summed E-state index contributed by atoms with van der Waals surface area (Å²) >= 11 is 0. The highest BCUT2D eigenvalue weighted by atomic mass is 16.5. The summed E-state index contributed by atoms with van der Waals surface area (Å²) in [5.41, 5.74) is 1.92. The molecule has 33 heavy (non-hydrogen) atoms. The number of rotatable bonds is 8. The normalized spacial score (nSPS) is 17.9. The van der Waals surface area contributed by atoms with Gasteiger partial charge in [0.15, 0.2) is 0 Å². The van der Waals surface area contributed by atoms with Crippen LogP contribution in [0.15, 0.2) is 48.0 Å². The largest absolute Gasteiger partial charge is 0.508 e. The molecule has 0 bridgehead atoms. The maximum Gasteiger partial charge on any atom is 0.295 e. The molecule has 2 aromatic carbocycles. The number of hydrogen-bond acceptors (Lipinski definition) is 6.